The number of rotatable bonds is 1. The maximum atomic E-state index is 14.1. The predicted octanol–water partition coefficient (Wildman–Crippen LogP) is 4.46. The molecule has 1 aliphatic rings. The molecule has 0 spiro atoms. The van der Waals surface area contributed by atoms with Crippen molar-refractivity contribution in [1.29, 1.82) is 0 Å². The van der Waals surface area contributed by atoms with Gasteiger partial charge in [0.05, 0.1) is 25.8 Å². The Hall–Kier alpha value is -1.53. The molecule has 0 unspecified atom stereocenters. The van der Waals surface area contributed by atoms with Crippen LogP contribution in [0.3, 0.4) is 0 Å². The summed E-state index contributed by atoms with van der Waals surface area (Å²) in [6.45, 7) is 1.72. The summed E-state index contributed by atoms with van der Waals surface area (Å²) < 4.78 is 14.4. The van der Waals surface area contributed by atoms with Crippen molar-refractivity contribution in [3.63, 3.8) is 0 Å². The van der Waals surface area contributed by atoms with Crippen molar-refractivity contribution in [1.82, 2.24) is 0 Å². The first-order valence-electron chi connectivity index (χ1n) is 6.05. The van der Waals surface area contributed by atoms with Crippen LogP contribution in [0.15, 0.2) is 39.3 Å². The Balaban J connectivity index is 2.23. The second kappa shape index (κ2) is 5.03. The molecule has 2 aromatic rings. The molecular weight excluding hydrogens is 405 g/mol. The van der Waals surface area contributed by atoms with Crippen LogP contribution in [0.1, 0.15) is 26.3 Å². The lowest BCUT2D eigenvalue weighted by Gasteiger charge is -2.19. The molecule has 0 N–H and O–H groups in total. The Kier molecular flexibility index (Phi) is 3.45. The zero-order valence-corrected chi connectivity index (χ0v) is 14.0. The quantitative estimate of drug-likeness (QED) is 0.512. The number of hydrogen-bond donors (Lipinski definition) is 0. The standard InChI is InChI=1S/C15H8Br2FNO2/c1-7-6-10(16)12(18)11(17)13(7)19-14(20)8-4-2-3-5-9(8)15(19)21/h2-6H,1H3. The molecule has 0 aliphatic carbocycles. The summed E-state index contributed by atoms with van der Waals surface area (Å²) in [6.07, 6.45) is 0. The summed E-state index contributed by atoms with van der Waals surface area (Å²) in [6, 6.07) is 8.11. The molecular formula is C15H8Br2FNO2. The van der Waals surface area contributed by atoms with Gasteiger partial charge >= 0.3 is 0 Å². The molecule has 0 bridgehead atoms. The van der Waals surface area contributed by atoms with E-state index in [2.05, 4.69) is 31.9 Å². The molecule has 3 rings (SSSR count). The summed E-state index contributed by atoms with van der Waals surface area (Å²) in [5.74, 6) is -1.44. The van der Waals surface area contributed by atoms with Crippen molar-refractivity contribution in [3.05, 3.63) is 61.8 Å². The van der Waals surface area contributed by atoms with Gasteiger partial charge in [0.25, 0.3) is 11.8 Å². The number of halogens is 3. The highest BCUT2D eigenvalue weighted by Crippen LogP contribution is 2.39. The lowest BCUT2D eigenvalue weighted by atomic mass is 10.1. The third-order valence-corrected chi connectivity index (χ3v) is 4.65. The molecule has 0 saturated carbocycles. The van der Waals surface area contributed by atoms with E-state index in [0.29, 0.717) is 16.7 Å². The molecule has 106 valence electrons. The molecule has 1 heterocycles. The van der Waals surface area contributed by atoms with Gasteiger partial charge < -0.3 is 0 Å². The Labute approximate surface area is 137 Å². The summed E-state index contributed by atoms with van der Waals surface area (Å²) in [5.41, 5.74) is 1.51. The van der Waals surface area contributed by atoms with E-state index >= 15 is 0 Å². The molecule has 0 atom stereocenters. The number of nitrogens with zero attached hydrogens (tertiary/aromatic N) is 1. The largest absolute Gasteiger partial charge is 0.268 e. The minimum Gasteiger partial charge on any atom is -0.268 e. The van der Waals surface area contributed by atoms with Crippen LogP contribution in [0, 0.1) is 12.7 Å². The van der Waals surface area contributed by atoms with Crippen molar-refractivity contribution in [2.75, 3.05) is 4.90 Å². The minimum atomic E-state index is -0.549. The van der Waals surface area contributed by atoms with Gasteiger partial charge in [-0.05, 0) is 62.5 Å². The zero-order chi connectivity index (χ0) is 15.3. The van der Waals surface area contributed by atoms with Crippen LogP contribution < -0.4 is 4.90 Å². The first kappa shape index (κ1) is 14.4. The fourth-order valence-electron chi connectivity index (χ4n) is 2.37. The summed E-state index contributed by atoms with van der Waals surface area (Å²) in [5, 5.41) is 0. The Morgan fingerprint density at radius 2 is 1.57 bits per heavy atom. The second-order valence-corrected chi connectivity index (χ2v) is 6.29. The molecule has 0 aromatic heterocycles. The highest BCUT2D eigenvalue weighted by molar-refractivity contribution is 9.11. The van der Waals surface area contributed by atoms with Crippen molar-refractivity contribution in [2.24, 2.45) is 0 Å². The second-order valence-electron chi connectivity index (χ2n) is 4.64. The van der Waals surface area contributed by atoms with Gasteiger partial charge in [-0.1, -0.05) is 12.1 Å². The lowest BCUT2D eigenvalue weighted by molar-refractivity contribution is 0.0925. The van der Waals surface area contributed by atoms with E-state index in [0.717, 1.165) is 4.90 Å². The average molecular weight is 413 g/mol. The van der Waals surface area contributed by atoms with Crippen molar-refractivity contribution < 1.29 is 14.0 Å². The monoisotopic (exact) mass is 411 g/mol. The maximum Gasteiger partial charge on any atom is 0.266 e. The zero-order valence-electron chi connectivity index (χ0n) is 10.8. The highest BCUT2D eigenvalue weighted by Gasteiger charge is 2.38. The van der Waals surface area contributed by atoms with Gasteiger partial charge in [0.2, 0.25) is 0 Å². The SMILES string of the molecule is Cc1cc(Br)c(F)c(Br)c1N1C(=O)c2ccccc2C1=O. The van der Waals surface area contributed by atoms with Crippen LogP contribution in [0.4, 0.5) is 10.1 Å². The first-order valence-corrected chi connectivity index (χ1v) is 7.64. The van der Waals surface area contributed by atoms with Gasteiger partial charge in [0, 0.05) is 0 Å². The number of aryl methyl sites for hydroxylation is 1. The van der Waals surface area contributed by atoms with Crippen molar-refractivity contribution in [2.45, 2.75) is 6.92 Å². The van der Waals surface area contributed by atoms with Gasteiger partial charge in [-0.2, -0.15) is 0 Å². The highest BCUT2D eigenvalue weighted by atomic mass is 79.9. The average Bonchev–Trinajstić information content (AvgIpc) is 2.71. The number of hydrogen-bond acceptors (Lipinski definition) is 2. The molecule has 0 fully saturated rings. The smallest absolute Gasteiger partial charge is 0.266 e. The van der Waals surface area contributed by atoms with E-state index in [4.69, 9.17) is 0 Å². The fraction of sp³-hybridized carbons (Fsp3) is 0.0667. The Morgan fingerprint density at radius 3 is 2.10 bits per heavy atom. The third-order valence-electron chi connectivity index (χ3n) is 3.34. The van der Waals surface area contributed by atoms with Gasteiger partial charge in [0.1, 0.15) is 0 Å². The van der Waals surface area contributed by atoms with E-state index < -0.39 is 17.6 Å². The van der Waals surface area contributed by atoms with Crippen LogP contribution in [-0.2, 0) is 0 Å². The molecule has 0 saturated heterocycles. The molecule has 1 aliphatic heterocycles. The van der Waals surface area contributed by atoms with Crippen LogP contribution in [0.5, 0.6) is 0 Å². The van der Waals surface area contributed by atoms with Crippen LogP contribution in [0.2, 0.25) is 0 Å². The van der Waals surface area contributed by atoms with Gasteiger partial charge in [-0.3, -0.25) is 9.59 Å². The molecule has 2 amide bonds. The lowest BCUT2D eigenvalue weighted by Crippen LogP contribution is -2.30. The Bertz CT molecular complexity index is 770. The third kappa shape index (κ3) is 2.05. The van der Waals surface area contributed by atoms with E-state index in [1.807, 2.05) is 0 Å². The number of fused-ring (bicyclic) bond motifs is 1. The van der Waals surface area contributed by atoms with Crippen molar-refractivity contribution >= 4 is 49.4 Å². The molecule has 3 nitrogen and oxygen atoms in total. The minimum absolute atomic E-state index is 0.0869. The van der Waals surface area contributed by atoms with E-state index in [9.17, 15) is 14.0 Å². The molecule has 0 radical (unpaired) electrons. The topological polar surface area (TPSA) is 37.4 Å². The predicted molar refractivity (Wildman–Crippen MR) is 84.1 cm³/mol. The number of benzene rings is 2. The van der Waals surface area contributed by atoms with E-state index in [-0.39, 0.29) is 14.6 Å². The van der Waals surface area contributed by atoms with Crippen LogP contribution >= 0.6 is 31.9 Å². The van der Waals surface area contributed by atoms with E-state index in [1.54, 1.807) is 37.3 Å². The number of carbonyl (C=O) groups excluding carboxylic acids is 2. The number of anilines is 1. The summed E-state index contributed by atoms with van der Waals surface area (Å²) >= 11 is 6.25. The molecule has 2 aromatic carbocycles. The summed E-state index contributed by atoms with van der Waals surface area (Å²) in [4.78, 5) is 25.9. The summed E-state index contributed by atoms with van der Waals surface area (Å²) in [7, 11) is 0. The fourth-order valence-corrected chi connectivity index (χ4v) is 3.88. The van der Waals surface area contributed by atoms with Gasteiger partial charge in [-0.25, -0.2) is 9.29 Å². The number of carbonyl (C=O) groups is 2. The van der Waals surface area contributed by atoms with Crippen molar-refractivity contribution in [3.8, 4) is 0 Å². The number of amides is 2. The van der Waals surface area contributed by atoms with E-state index in [1.165, 1.54) is 0 Å². The van der Waals surface area contributed by atoms with Gasteiger partial charge in [0.15, 0.2) is 5.82 Å². The molecule has 21 heavy (non-hydrogen) atoms. The van der Waals surface area contributed by atoms with Gasteiger partial charge in [-0.15, -0.1) is 0 Å². The molecule has 6 heteroatoms. The normalized spacial score (nSPS) is 13.8. The Morgan fingerprint density at radius 1 is 1.05 bits per heavy atom. The maximum absolute atomic E-state index is 14.1. The number of imide groups is 1. The first-order chi connectivity index (χ1) is 9.93. The van der Waals surface area contributed by atoms with Crippen LogP contribution in [0.25, 0.3) is 0 Å². The van der Waals surface area contributed by atoms with Crippen LogP contribution in [-0.4, -0.2) is 11.8 Å².